The lowest BCUT2D eigenvalue weighted by molar-refractivity contribution is -0.137. The first-order valence-electron chi connectivity index (χ1n) is 8.35. The molecule has 0 bridgehead atoms. The van der Waals surface area contributed by atoms with E-state index in [0.717, 1.165) is 17.0 Å². The number of ether oxygens (including phenoxy) is 2. The number of esters is 1. The number of nitrogens with zero attached hydrogens (tertiary/aromatic N) is 3. The highest BCUT2D eigenvalue weighted by Gasteiger charge is 2.30. The molecular formula is C19H16ClN3O3S. The minimum Gasteiger partial charge on any atom is -0.497 e. The highest BCUT2D eigenvalue weighted by atomic mass is 35.5. The van der Waals surface area contributed by atoms with Gasteiger partial charge in [0.1, 0.15) is 11.0 Å². The Labute approximate surface area is 165 Å². The van der Waals surface area contributed by atoms with Crippen molar-refractivity contribution in [3.63, 3.8) is 0 Å². The Hall–Kier alpha value is -2.51. The molecule has 8 heteroatoms. The second-order valence-corrected chi connectivity index (χ2v) is 7.52. The molecule has 1 atom stereocenters. The van der Waals surface area contributed by atoms with Crippen LogP contribution >= 0.6 is 23.4 Å². The van der Waals surface area contributed by atoms with Crippen molar-refractivity contribution in [3.05, 3.63) is 53.6 Å². The third-order valence-corrected chi connectivity index (χ3v) is 5.64. The molecule has 1 aromatic heterocycles. The molecule has 1 aliphatic heterocycles. The van der Waals surface area contributed by atoms with Crippen LogP contribution in [0.1, 0.15) is 6.42 Å². The standard InChI is InChI=1S/C19H16ClN3O3S/c1-25-15-8-6-14(7-9-15)23-17(12-2-4-13(20)5-3-12)21-22-19(23)27-16-10-11-26-18(16)24/h2-9,16H,10-11H2,1H3/t16-/m1/s1. The van der Waals surface area contributed by atoms with Crippen LogP contribution in [0.5, 0.6) is 5.75 Å². The van der Waals surface area contributed by atoms with Crippen LogP contribution in [-0.2, 0) is 9.53 Å². The molecule has 2 aromatic carbocycles. The number of carbonyl (C=O) groups is 1. The zero-order valence-electron chi connectivity index (χ0n) is 14.5. The molecule has 0 aliphatic carbocycles. The largest absolute Gasteiger partial charge is 0.497 e. The van der Waals surface area contributed by atoms with E-state index in [1.165, 1.54) is 11.8 Å². The van der Waals surface area contributed by atoms with E-state index in [0.29, 0.717) is 29.0 Å². The van der Waals surface area contributed by atoms with Crippen molar-refractivity contribution in [2.75, 3.05) is 13.7 Å². The Bertz CT molecular complexity index is 957. The summed E-state index contributed by atoms with van der Waals surface area (Å²) in [6.07, 6.45) is 0.662. The van der Waals surface area contributed by atoms with E-state index < -0.39 is 0 Å². The topological polar surface area (TPSA) is 66.2 Å². The summed E-state index contributed by atoms with van der Waals surface area (Å²) in [5.74, 6) is 1.22. The molecule has 0 N–H and O–H groups in total. The minimum atomic E-state index is -0.274. The number of cyclic esters (lactones) is 1. The Morgan fingerprint density at radius 2 is 1.89 bits per heavy atom. The molecule has 0 spiro atoms. The molecule has 1 aliphatic rings. The molecule has 1 fully saturated rings. The molecule has 0 radical (unpaired) electrons. The first-order valence-corrected chi connectivity index (χ1v) is 9.60. The fraction of sp³-hybridized carbons (Fsp3) is 0.211. The van der Waals surface area contributed by atoms with Gasteiger partial charge in [-0.1, -0.05) is 23.4 Å². The van der Waals surface area contributed by atoms with E-state index in [1.54, 1.807) is 7.11 Å². The third kappa shape index (κ3) is 3.65. The fourth-order valence-corrected chi connectivity index (χ4v) is 3.95. The second kappa shape index (κ2) is 7.62. The van der Waals surface area contributed by atoms with Gasteiger partial charge in [0.25, 0.3) is 0 Å². The van der Waals surface area contributed by atoms with Crippen LogP contribution in [0.3, 0.4) is 0 Å². The third-order valence-electron chi connectivity index (χ3n) is 4.20. The number of halogens is 1. The summed E-state index contributed by atoms with van der Waals surface area (Å²) < 4.78 is 12.2. The van der Waals surface area contributed by atoms with Crippen molar-refractivity contribution >= 4 is 29.3 Å². The first kappa shape index (κ1) is 17.9. The van der Waals surface area contributed by atoms with Gasteiger partial charge >= 0.3 is 5.97 Å². The Morgan fingerprint density at radius 3 is 2.52 bits per heavy atom. The molecule has 3 aromatic rings. The van der Waals surface area contributed by atoms with E-state index in [4.69, 9.17) is 21.1 Å². The Kier molecular flexibility index (Phi) is 5.05. The van der Waals surface area contributed by atoms with Crippen LogP contribution in [0, 0.1) is 0 Å². The number of thioether (sulfide) groups is 1. The van der Waals surface area contributed by atoms with Crippen LogP contribution in [0.15, 0.2) is 53.7 Å². The summed E-state index contributed by atoms with van der Waals surface area (Å²) in [5.41, 5.74) is 1.75. The molecular weight excluding hydrogens is 386 g/mol. The average Bonchev–Trinajstić information content (AvgIpc) is 3.29. The van der Waals surface area contributed by atoms with Gasteiger partial charge in [-0.2, -0.15) is 0 Å². The molecule has 138 valence electrons. The highest BCUT2D eigenvalue weighted by Crippen LogP contribution is 2.33. The number of methoxy groups -OCH3 is 1. The van der Waals surface area contributed by atoms with Gasteiger partial charge in [0.15, 0.2) is 11.0 Å². The smallest absolute Gasteiger partial charge is 0.319 e. The molecule has 2 heterocycles. The monoisotopic (exact) mass is 401 g/mol. The van der Waals surface area contributed by atoms with Crippen LogP contribution in [0.25, 0.3) is 17.1 Å². The van der Waals surface area contributed by atoms with Crippen molar-refractivity contribution in [1.82, 2.24) is 14.8 Å². The van der Waals surface area contributed by atoms with E-state index in [-0.39, 0.29) is 11.2 Å². The van der Waals surface area contributed by atoms with Gasteiger partial charge in [0.2, 0.25) is 0 Å². The van der Waals surface area contributed by atoms with Crippen LogP contribution in [-0.4, -0.2) is 39.7 Å². The molecule has 6 nitrogen and oxygen atoms in total. The van der Waals surface area contributed by atoms with E-state index >= 15 is 0 Å². The molecule has 27 heavy (non-hydrogen) atoms. The summed E-state index contributed by atoms with van der Waals surface area (Å²) in [6, 6.07) is 15.0. The summed E-state index contributed by atoms with van der Waals surface area (Å²) in [7, 11) is 1.62. The van der Waals surface area contributed by atoms with Gasteiger partial charge in [0.05, 0.1) is 13.7 Å². The Morgan fingerprint density at radius 1 is 1.15 bits per heavy atom. The minimum absolute atomic E-state index is 0.211. The lowest BCUT2D eigenvalue weighted by Crippen LogP contribution is -2.11. The maximum Gasteiger partial charge on any atom is 0.319 e. The predicted octanol–water partition coefficient (Wildman–Crippen LogP) is 4.00. The summed E-state index contributed by atoms with van der Waals surface area (Å²) in [4.78, 5) is 11.9. The zero-order valence-corrected chi connectivity index (χ0v) is 16.0. The maximum absolute atomic E-state index is 11.9. The van der Waals surface area contributed by atoms with Crippen LogP contribution in [0.2, 0.25) is 5.02 Å². The van der Waals surface area contributed by atoms with Crippen molar-refractivity contribution < 1.29 is 14.3 Å². The van der Waals surface area contributed by atoms with E-state index in [1.807, 2.05) is 53.1 Å². The molecule has 0 amide bonds. The second-order valence-electron chi connectivity index (χ2n) is 5.91. The number of hydrogen-bond acceptors (Lipinski definition) is 6. The van der Waals surface area contributed by atoms with Gasteiger partial charge in [-0.25, -0.2) is 0 Å². The number of benzene rings is 2. The van der Waals surface area contributed by atoms with Crippen molar-refractivity contribution in [2.45, 2.75) is 16.8 Å². The number of rotatable bonds is 5. The molecule has 0 saturated carbocycles. The quantitative estimate of drug-likeness (QED) is 0.602. The lowest BCUT2D eigenvalue weighted by Gasteiger charge is -2.12. The normalized spacial score (nSPS) is 16.4. The molecule has 4 rings (SSSR count). The van der Waals surface area contributed by atoms with Crippen LogP contribution in [0.4, 0.5) is 0 Å². The number of hydrogen-bond donors (Lipinski definition) is 0. The maximum atomic E-state index is 11.9. The van der Waals surface area contributed by atoms with Gasteiger partial charge in [-0.15, -0.1) is 10.2 Å². The predicted molar refractivity (Wildman–Crippen MR) is 104 cm³/mol. The summed E-state index contributed by atoms with van der Waals surface area (Å²) in [6.45, 7) is 0.442. The SMILES string of the molecule is COc1ccc(-n2c(S[C@@H]3CCOC3=O)nnc2-c2ccc(Cl)cc2)cc1. The summed E-state index contributed by atoms with van der Waals surface area (Å²) >= 11 is 7.38. The lowest BCUT2D eigenvalue weighted by atomic mass is 10.2. The van der Waals surface area contributed by atoms with Gasteiger partial charge in [-0.3, -0.25) is 9.36 Å². The van der Waals surface area contributed by atoms with Crippen molar-refractivity contribution in [3.8, 4) is 22.8 Å². The molecule has 0 unspecified atom stereocenters. The first-order chi connectivity index (χ1) is 13.2. The Balaban J connectivity index is 1.78. The van der Waals surface area contributed by atoms with E-state index in [2.05, 4.69) is 10.2 Å². The van der Waals surface area contributed by atoms with Gasteiger partial charge in [-0.05, 0) is 48.5 Å². The van der Waals surface area contributed by atoms with Crippen LogP contribution < -0.4 is 4.74 Å². The molecule has 1 saturated heterocycles. The van der Waals surface area contributed by atoms with Crippen molar-refractivity contribution in [2.24, 2.45) is 0 Å². The highest BCUT2D eigenvalue weighted by molar-refractivity contribution is 8.00. The van der Waals surface area contributed by atoms with Crippen molar-refractivity contribution in [1.29, 1.82) is 0 Å². The van der Waals surface area contributed by atoms with Gasteiger partial charge in [0, 0.05) is 22.7 Å². The summed E-state index contributed by atoms with van der Waals surface area (Å²) in [5, 5.41) is 9.71. The number of carbonyl (C=O) groups excluding carboxylic acids is 1. The fourth-order valence-electron chi connectivity index (χ4n) is 2.81. The van der Waals surface area contributed by atoms with Gasteiger partial charge < -0.3 is 9.47 Å². The zero-order chi connectivity index (χ0) is 18.8. The average molecular weight is 402 g/mol. The van der Waals surface area contributed by atoms with E-state index in [9.17, 15) is 4.79 Å². The number of aromatic nitrogens is 3.